The van der Waals surface area contributed by atoms with Crippen LogP contribution < -0.4 is 0 Å². The van der Waals surface area contributed by atoms with E-state index in [9.17, 15) is 9.90 Å². The Morgan fingerprint density at radius 3 is 2.20 bits per heavy atom. The number of carbonyl (C=O) groups is 1. The minimum absolute atomic E-state index is 0.0714. The van der Waals surface area contributed by atoms with E-state index in [0.29, 0.717) is 0 Å². The van der Waals surface area contributed by atoms with E-state index in [4.69, 9.17) is 0 Å². The van der Waals surface area contributed by atoms with Crippen molar-refractivity contribution in [3.63, 3.8) is 0 Å². The van der Waals surface area contributed by atoms with Crippen LogP contribution in [-0.2, 0) is 4.79 Å². The standard InChI is InChI=1S/C17H19NO2/c1-12(2)15(13-7-4-3-5-8-13)16(17(19)20)14-9-6-10-18-11-14/h3-12,15-16H,1-2H3,(H,19,20)/t15-,16-/m0/s1. The zero-order chi connectivity index (χ0) is 14.5. The molecule has 104 valence electrons. The van der Waals surface area contributed by atoms with Crippen molar-refractivity contribution in [3.8, 4) is 0 Å². The lowest BCUT2D eigenvalue weighted by Crippen LogP contribution is -2.24. The summed E-state index contributed by atoms with van der Waals surface area (Å²) in [5.41, 5.74) is 1.81. The molecular formula is C17H19NO2. The van der Waals surface area contributed by atoms with Crippen LogP contribution in [0.1, 0.15) is 36.8 Å². The first-order valence-electron chi connectivity index (χ1n) is 6.79. The van der Waals surface area contributed by atoms with Gasteiger partial charge in [-0.05, 0) is 23.1 Å². The van der Waals surface area contributed by atoms with Gasteiger partial charge in [-0.2, -0.15) is 0 Å². The SMILES string of the molecule is CC(C)[C@@H](c1ccccc1)[C@@H](C(=O)O)c1cccnc1. The average molecular weight is 269 g/mol. The molecule has 0 fully saturated rings. The largest absolute Gasteiger partial charge is 0.481 e. The number of carboxylic acid groups (broad SMARTS) is 1. The van der Waals surface area contributed by atoms with Gasteiger partial charge in [0.05, 0.1) is 5.92 Å². The number of hydrogen-bond acceptors (Lipinski definition) is 2. The van der Waals surface area contributed by atoms with Crippen molar-refractivity contribution in [2.45, 2.75) is 25.7 Å². The number of benzene rings is 1. The van der Waals surface area contributed by atoms with Crippen LogP contribution in [0.5, 0.6) is 0 Å². The summed E-state index contributed by atoms with van der Waals surface area (Å²) in [6, 6.07) is 13.5. The van der Waals surface area contributed by atoms with Crippen LogP contribution in [-0.4, -0.2) is 16.1 Å². The van der Waals surface area contributed by atoms with Gasteiger partial charge in [0.15, 0.2) is 0 Å². The average Bonchev–Trinajstić information content (AvgIpc) is 2.45. The first-order chi connectivity index (χ1) is 9.61. The predicted molar refractivity (Wildman–Crippen MR) is 78.6 cm³/mol. The number of hydrogen-bond donors (Lipinski definition) is 1. The zero-order valence-corrected chi connectivity index (χ0v) is 11.7. The van der Waals surface area contributed by atoms with E-state index in [-0.39, 0.29) is 11.8 Å². The van der Waals surface area contributed by atoms with Crippen LogP contribution in [0.25, 0.3) is 0 Å². The van der Waals surface area contributed by atoms with E-state index in [2.05, 4.69) is 18.8 Å². The second kappa shape index (κ2) is 6.33. The van der Waals surface area contributed by atoms with E-state index in [1.807, 2.05) is 36.4 Å². The van der Waals surface area contributed by atoms with Gasteiger partial charge >= 0.3 is 5.97 Å². The molecule has 0 radical (unpaired) electrons. The van der Waals surface area contributed by atoms with Crippen molar-refractivity contribution in [2.75, 3.05) is 0 Å². The second-order valence-electron chi connectivity index (χ2n) is 5.28. The van der Waals surface area contributed by atoms with Crippen LogP contribution in [0.2, 0.25) is 0 Å². The molecule has 0 amide bonds. The maximum absolute atomic E-state index is 11.8. The zero-order valence-electron chi connectivity index (χ0n) is 11.7. The van der Waals surface area contributed by atoms with Gasteiger partial charge in [0.1, 0.15) is 0 Å². The Balaban J connectivity index is 2.47. The topological polar surface area (TPSA) is 50.2 Å². The summed E-state index contributed by atoms with van der Waals surface area (Å²) in [7, 11) is 0. The molecular weight excluding hydrogens is 250 g/mol. The quantitative estimate of drug-likeness (QED) is 0.900. The molecule has 2 atom stereocenters. The lowest BCUT2D eigenvalue weighted by atomic mass is 9.75. The Morgan fingerprint density at radius 1 is 1.05 bits per heavy atom. The van der Waals surface area contributed by atoms with Crippen LogP contribution in [0.15, 0.2) is 54.9 Å². The molecule has 2 aromatic rings. The molecule has 0 aliphatic carbocycles. The number of aliphatic carboxylic acids is 1. The Hall–Kier alpha value is -2.16. The molecule has 3 heteroatoms. The molecule has 0 saturated carbocycles. The summed E-state index contributed by atoms with van der Waals surface area (Å²) in [4.78, 5) is 15.9. The molecule has 0 bridgehead atoms. The molecule has 1 aromatic carbocycles. The molecule has 20 heavy (non-hydrogen) atoms. The fourth-order valence-corrected chi connectivity index (χ4v) is 2.70. The van der Waals surface area contributed by atoms with E-state index in [1.165, 1.54) is 0 Å². The summed E-state index contributed by atoms with van der Waals surface area (Å²) < 4.78 is 0. The highest BCUT2D eigenvalue weighted by Crippen LogP contribution is 2.38. The normalized spacial score (nSPS) is 13.9. The van der Waals surface area contributed by atoms with Gasteiger partial charge in [-0.25, -0.2) is 0 Å². The van der Waals surface area contributed by atoms with Crippen molar-refractivity contribution < 1.29 is 9.90 Å². The first kappa shape index (κ1) is 14.3. The summed E-state index contributed by atoms with van der Waals surface area (Å²) >= 11 is 0. The van der Waals surface area contributed by atoms with Crippen molar-refractivity contribution in [2.24, 2.45) is 5.92 Å². The lowest BCUT2D eigenvalue weighted by Gasteiger charge is -2.28. The van der Waals surface area contributed by atoms with E-state index >= 15 is 0 Å². The van der Waals surface area contributed by atoms with E-state index < -0.39 is 11.9 Å². The molecule has 3 nitrogen and oxygen atoms in total. The van der Waals surface area contributed by atoms with Gasteiger partial charge in [-0.3, -0.25) is 9.78 Å². The summed E-state index contributed by atoms with van der Waals surface area (Å²) in [6.45, 7) is 4.12. The van der Waals surface area contributed by atoms with Crippen LogP contribution in [0, 0.1) is 5.92 Å². The molecule has 0 spiro atoms. The van der Waals surface area contributed by atoms with Crippen molar-refractivity contribution in [1.29, 1.82) is 0 Å². The number of nitrogens with zero attached hydrogens (tertiary/aromatic N) is 1. The second-order valence-corrected chi connectivity index (χ2v) is 5.28. The molecule has 0 saturated heterocycles. The third-order valence-electron chi connectivity index (χ3n) is 3.57. The smallest absolute Gasteiger partial charge is 0.311 e. The molecule has 0 unspecified atom stereocenters. The third kappa shape index (κ3) is 3.05. The minimum atomic E-state index is -0.805. The first-order valence-corrected chi connectivity index (χ1v) is 6.79. The highest BCUT2D eigenvalue weighted by molar-refractivity contribution is 5.77. The van der Waals surface area contributed by atoms with Crippen LogP contribution >= 0.6 is 0 Å². The van der Waals surface area contributed by atoms with Gasteiger partial charge in [0.2, 0.25) is 0 Å². The fourth-order valence-electron chi connectivity index (χ4n) is 2.70. The number of carboxylic acids is 1. The number of rotatable bonds is 5. The van der Waals surface area contributed by atoms with Gasteiger partial charge in [0, 0.05) is 18.3 Å². The molecule has 1 aromatic heterocycles. The Kier molecular flexibility index (Phi) is 4.51. The van der Waals surface area contributed by atoms with Gasteiger partial charge in [-0.1, -0.05) is 50.2 Å². The van der Waals surface area contributed by atoms with Gasteiger partial charge < -0.3 is 5.11 Å². The molecule has 2 rings (SSSR count). The monoisotopic (exact) mass is 269 g/mol. The summed E-state index contributed by atoms with van der Waals surface area (Å²) in [5.74, 6) is -1.23. The molecule has 0 aliphatic heterocycles. The summed E-state index contributed by atoms with van der Waals surface area (Å²) in [5, 5.41) is 9.68. The lowest BCUT2D eigenvalue weighted by molar-refractivity contribution is -0.139. The highest BCUT2D eigenvalue weighted by atomic mass is 16.4. The van der Waals surface area contributed by atoms with Crippen molar-refractivity contribution in [3.05, 3.63) is 66.0 Å². The van der Waals surface area contributed by atoms with Gasteiger partial charge in [0.25, 0.3) is 0 Å². The Morgan fingerprint density at radius 2 is 1.70 bits per heavy atom. The van der Waals surface area contributed by atoms with Crippen LogP contribution in [0.3, 0.4) is 0 Å². The highest BCUT2D eigenvalue weighted by Gasteiger charge is 2.33. The van der Waals surface area contributed by atoms with Crippen LogP contribution in [0.4, 0.5) is 0 Å². The number of pyridine rings is 1. The predicted octanol–water partition coefficient (Wildman–Crippen LogP) is 3.69. The third-order valence-corrected chi connectivity index (χ3v) is 3.57. The number of aromatic nitrogens is 1. The maximum atomic E-state index is 11.8. The summed E-state index contributed by atoms with van der Waals surface area (Å²) in [6.07, 6.45) is 3.31. The molecule has 0 aliphatic rings. The van der Waals surface area contributed by atoms with E-state index in [0.717, 1.165) is 11.1 Å². The van der Waals surface area contributed by atoms with E-state index in [1.54, 1.807) is 18.5 Å². The van der Waals surface area contributed by atoms with Crippen molar-refractivity contribution in [1.82, 2.24) is 4.98 Å². The molecule has 1 heterocycles. The Labute approximate surface area is 119 Å². The molecule has 1 N–H and O–H groups in total. The fraction of sp³-hybridized carbons (Fsp3) is 0.294. The maximum Gasteiger partial charge on any atom is 0.311 e. The Bertz CT molecular complexity index is 552. The minimum Gasteiger partial charge on any atom is -0.481 e. The van der Waals surface area contributed by atoms with Gasteiger partial charge in [-0.15, -0.1) is 0 Å². The van der Waals surface area contributed by atoms with Crippen molar-refractivity contribution >= 4 is 5.97 Å².